The first kappa shape index (κ1) is 19.6. The Morgan fingerprint density at radius 1 is 1.21 bits per heavy atom. The summed E-state index contributed by atoms with van der Waals surface area (Å²) in [5.41, 5.74) is 4.25. The van der Waals surface area contributed by atoms with Crippen molar-refractivity contribution in [2.75, 3.05) is 11.9 Å². The van der Waals surface area contributed by atoms with Gasteiger partial charge in [0.2, 0.25) is 0 Å². The maximum Gasteiger partial charge on any atom is 0.268 e. The minimum absolute atomic E-state index is 0.170. The van der Waals surface area contributed by atoms with Crippen LogP contribution < -0.4 is 10.6 Å². The fourth-order valence-electron chi connectivity index (χ4n) is 3.05. The minimum atomic E-state index is -0.454. The number of pyridine rings is 1. The molecule has 3 rings (SSSR count). The number of aromatic amines is 1. The van der Waals surface area contributed by atoms with Crippen LogP contribution in [0.2, 0.25) is 0 Å². The number of hydrogen-bond donors (Lipinski definition) is 4. The number of hydrogen-bond acceptors (Lipinski definition) is 4. The lowest BCUT2D eigenvalue weighted by molar-refractivity contribution is 0.0912. The summed E-state index contributed by atoms with van der Waals surface area (Å²) in [6.45, 7) is 5.94. The number of aliphatic hydroxyl groups is 1. The summed E-state index contributed by atoms with van der Waals surface area (Å²) in [4.78, 5) is 20.1. The molecule has 2 heterocycles. The van der Waals surface area contributed by atoms with Crippen LogP contribution in [-0.4, -0.2) is 33.6 Å². The normalized spacial score (nSPS) is 12.0. The van der Waals surface area contributed by atoms with E-state index in [2.05, 4.69) is 34.4 Å². The number of amides is 1. The molecule has 0 bridgehead atoms. The summed E-state index contributed by atoms with van der Waals surface area (Å²) in [7, 11) is 0. The fourth-order valence-corrected chi connectivity index (χ4v) is 3.05. The highest BCUT2D eigenvalue weighted by Gasteiger charge is 2.17. The highest BCUT2D eigenvalue weighted by atomic mass is 16.3. The molecule has 6 nitrogen and oxygen atoms in total. The number of aliphatic hydroxyl groups excluding tert-OH is 1. The minimum Gasteiger partial charge on any atom is -0.394 e. The van der Waals surface area contributed by atoms with Crippen molar-refractivity contribution < 1.29 is 9.90 Å². The van der Waals surface area contributed by atoms with Gasteiger partial charge in [-0.25, -0.2) is 4.98 Å². The zero-order valence-corrected chi connectivity index (χ0v) is 16.4. The van der Waals surface area contributed by atoms with Gasteiger partial charge in [0, 0.05) is 24.0 Å². The van der Waals surface area contributed by atoms with Crippen molar-refractivity contribution >= 4 is 11.7 Å². The van der Waals surface area contributed by atoms with E-state index in [1.807, 2.05) is 61.8 Å². The second kappa shape index (κ2) is 8.71. The van der Waals surface area contributed by atoms with Crippen LogP contribution in [0.25, 0.3) is 11.1 Å². The summed E-state index contributed by atoms with van der Waals surface area (Å²) in [5.74, 6) is 0.536. The van der Waals surface area contributed by atoms with E-state index in [0.29, 0.717) is 5.69 Å². The standard InChI is InChI=1S/C22H26N4O2/c1-14(2)25-21-10-18(15(3)11-24-21)17-9-19(23-12-17)22(28)26-20(13-27)16-7-5-4-6-8-16/h4-12,14,20,23,27H,13H2,1-3H3,(H,24,25)(H,26,28)/t20-/m1/s1. The van der Waals surface area contributed by atoms with Gasteiger partial charge in [0.15, 0.2) is 0 Å². The van der Waals surface area contributed by atoms with Crippen LogP contribution in [0.5, 0.6) is 0 Å². The third-order valence-electron chi connectivity index (χ3n) is 4.47. The van der Waals surface area contributed by atoms with Gasteiger partial charge in [-0.1, -0.05) is 30.3 Å². The van der Waals surface area contributed by atoms with Crippen LogP contribution >= 0.6 is 0 Å². The number of H-pyrrole nitrogens is 1. The van der Waals surface area contributed by atoms with Crippen LogP contribution in [0.4, 0.5) is 5.82 Å². The van der Waals surface area contributed by atoms with Crippen molar-refractivity contribution in [3.8, 4) is 11.1 Å². The van der Waals surface area contributed by atoms with E-state index >= 15 is 0 Å². The highest BCUT2D eigenvalue weighted by molar-refractivity contribution is 5.94. The first-order valence-electron chi connectivity index (χ1n) is 9.36. The molecule has 1 amide bonds. The maximum atomic E-state index is 12.7. The van der Waals surface area contributed by atoms with Crippen LogP contribution in [-0.2, 0) is 0 Å². The molecule has 4 N–H and O–H groups in total. The van der Waals surface area contributed by atoms with Crippen LogP contribution in [0.1, 0.15) is 41.5 Å². The van der Waals surface area contributed by atoms with Gasteiger partial charge in [-0.05, 0) is 49.6 Å². The lowest BCUT2D eigenvalue weighted by Crippen LogP contribution is -2.30. The molecule has 2 aromatic heterocycles. The molecule has 1 atom stereocenters. The molecule has 0 unspecified atom stereocenters. The van der Waals surface area contributed by atoms with Crippen LogP contribution in [0.15, 0.2) is 54.9 Å². The molecule has 0 radical (unpaired) electrons. The second-order valence-corrected chi connectivity index (χ2v) is 7.10. The Balaban J connectivity index is 1.79. The Hall–Kier alpha value is -3.12. The van der Waals surface area contributed by atoms with Gasteiger partial charge in [0.25, 0.3) is 5.91 Å². The average Bonchev–Trinajstić information content (AvgIpc) is 3.18. The predicted molar refractivity (Wildman–Crippen MR) is 111 cm³/mol. The number of rotatable bonds is 7. The molecule has 146 valence electrons. The molecule has 28 heavy (non-hydrogen) atoms. The molecular formula is C22H26N4O2. The molecule has 0 fully saturated rings. The summed E-state index contributed by atoms with van der Waals surface area (Å²) < 4.78 is 0. The predicted octanol–water partition coefficient (Wildman–Crippen LogP) is 3.67. The van der Waals surface area contributed by atoms with Crippen molar-refractivity contribution in [1.82, 2.24) is 15.3 Å². The molecule has 0 saturated carbocycles. The van der Waals surface area contributed by atoms with E-state index in [-0.39, 0.29) is 18.6 Å². The van der Waals surface area contributed by atoms with E-state index in [0.717, 1.165) is 28.1 Å². The maximum absolute atomic E-state index is 12.7. The third-order valence-corrected chi connectivity index (χ3v) is 4.47. The Kier molecular flexibility index (Phi) is 6.11. The van der Waals surface area contributed by atoms with Gasteiger partial charge < -0.3 is 20.7 Å². The lowest BCUT2D eigenvalue weighted by Gasteiger charge is -2.16. The summed E-state index contributed by atoms with van der Waals surface area (Å²) in [5, 5.41) is 15.8. The summed E-state index contributed by atoms with van der Waals surface area (Å²) >= 11 is 0. The molecule has 3 aromatic rings. The molecule has 0 aliphatic rings. The van der Waals surface area contributed by atoms with E-state index in [9.17, 15) is 9.90 Å². The summed E-state index contributed by atoms with van der Waals surface area (Å²) in [6, 6.07) is 13.1. The van der Waals surface area contributed by atoms with Crippen LogP contribution in [0.3, 0.4) is 0 Å². The van der Waals surface area contributed by atoms with E-state index in [4.69, 9.17) is 0 Å². The molecular weight excluding hydrogens is 352 g/mol. The number of benzene rings is 1. The van der Waals surface area contributed by atoms with E-state index < -0.39 is 6.04 Å². The molecule has 1 aromatic carbocycles. The Labute approximate surface area is 165 Å². The van der Waals surface area contributed by atoms with Gasteiger partial charge in [-0.15, -0.1) is 0 Å². The Morgan fingerprint density at radius 2 is 1.96 bits per heavy atom. The quantitative estimate of drug-likeness (QED) is 0.505. The fraction of sp³-hybridized carbons (Fsp3) is 0.273. The van der Waals surface area contributed by atoms with Gasteiger partial charge in [0.05, 0.1) is 12.6 Å². The Bertz CT molecular complexity index is 935. The van der Waals surface area contributed by atoms with Gasteiger partial charge in [-0.3, -0.25) is 4.79 Å². The van der Waals surface area contributed by atoms with Crippen molar-refractivity contribution in [3.05, 3.63) is 71.7 Å². The van der Waals surface area contributed by atoms with Crippen molar-refractivity contribution in [3.63, 3.8) is 0 Å². The second-order valence-electron chi connectivity index (χ2n) is 7.10. The smallest absolute Gasteiger partial charge is 0.268 e. The molecule has 0 aliphatic carbocycles. The van der Waals surface area contributed by atoms with Gasteiger partial charge in [0.1, 0.15) is 11.5 Å². The zero-order chi connectivity index (χ0) is 20.1. The summed E-state index contributed by atoms with van der Waals surface area (Å²) in [6.07, 6.45) is 3.64. The number of aromatic nitrogens is 2. The number of aryl methyl sites for hydroxylation is 1. The first-order valence-corrected chi connectivity index (χ1v) is 9.36. The third kappa shape index (κ3) is 4.58. The van der Waals surface area contributed by atoms with E-state index in [1.54, 1.807) is 0 Å². The number of nitrogens with zero attached hydrogens (tertiary/aromatic N) is 1. The SMILES string of the molecule is Cc1cnc(NC(C)C)cc1-c1c[nH]c(C(=O)N[C@H](CO)c2ccccc2)c1. The highest BCUT2D eigenvalue weighted by Crippen LogP contribution is 2.26. The monoisotopic (exact) mass is 378 g/mol. The zero-order valence-electron chi connectivity index (χ0n) is 16.4. The Morgan fingerprint density at radius 3 is 2.64 bits per heavy atom. The van der Waals surface area contributed by atoms with Gasteiger partial charge in [-0.2, -0.15) is 0 Å². The van der Waals surface area contributed by atoms with E-state index in [1.165, 1.54) is 0 Å². The molecule has 0 saturated heterocycles. The number of carbonyl (C=O) groups is 1. The first-order chi connectivity index (χ1) is 13.5. The van der Waals surface area contributed by atoms with Crippen molar-refractivity contribution in [2.45, 2.75) is 32.9 Å². The van der Waals surface area contributed by atoms with Crippen LogP contribution in [0, 0.1) is 6.92 Å². The molecule has 0 aliphatic heterocycles. The molecule has 6 heteroatoms. The molecule has 0 spiro atoms. The number of anilines is 1. The van der Waals surface area contributed by atoms with Crippen molar-refractivity contribution in [1.29, 1.82) is 0 Å². The lowest BCUT2D eigenvalue weighted by atomic mass is 10.0. The number of nitrogens with one attached hydrogen (secondary N) is 3. The van der Waals surface area contributed by atoms with Gasteiger partial charge >= 0.3 is 0 Å². The topological polar surface area (TPSA) is 90.0 Å². The van der Waals surface area contributed by atoms with Crippen molar-refractivity contribution in [2.24, 2.45) is 0 Å². The average molecular weight is 378 g/mol. The largest absolute Gasteiger partial charge is 0.394 e. The number of carbonyl (C=O) groups excluding carboxylic acids is 1.